The normalized spacial score (nSPS) is 19.0. The van der Waals surface area contributed by atoms with E-state index in [4.69, 9.17) is 0 Å². The third-order valence-electron chi connectivity index (χ3n) is 4.39. The van der Waals surface area contributed by atoms with Gasteiger partial charge >= 0.3 is 0 Å². The second-order valence-electron chi connectivity index (χ2n) is 6.97. The van der Waals surface area contributed by atoms with Crippen molar-refractivity contribution in [3.8, 4) is 0 Å². The van der Waals surface area contributed by atoms with Crippen LogP contribution in [0.4, 0.5) is 0 Å². The van der Waals surface area contributed by atoms with E-state index in [9.17, 15) is 8.42 Å². The molecule has 6 nitrogen and oxygen atoms in total. The summed E-state index contributed by atoms with van der Waals surface area (Å²) in [6.45, 7) is 9.72. The van der Waals surface area contributed by atoms with Gasteiger partial charge in [0.05, 0.1) is 5.75 Å². The van der Waals surface area contributed by atoms with Crippen LogP contribution in [0, 0.1) is 5.92 Å². The Hall–Kier alpha value is -0.0900. The first-order valence-electron chi connectivity index (χ1n) is 8.62. The number of nitrogens with zero attached hydrogens (tertiary/aromatic N) is 2. The molecule has 1 rings (SSSR count). The number of rotatable bonds is 8. The molecule has 8 heteroatoms. The third-order valence-corrected chi connectivity index (χ3v) is 5.36. The molecule has 0 aromatic heterocycles. The van der Waals surface area contributed by atoms with Gasteiger partial charge in [0.1, 0.15) is 9.84 Å². The second kappa shape index (κ2) is 11.5. The minimum Gasteiger partial charge on any atom is -0.355 e. The Morgan fingerprint density at radius 1 is 1.21 bits per heavy atom. The van der Waals surface area contributed by atoms with E-state index >= 15 is 0 Å². The fourth-order valence-electron chi connectivity index (χ4n) is 2.95. The van der Waals surface area contributed by atoms with E-state index in [0.717, 1.165) is 12.5 Å². The van der Waals surface area contributed by atoms with Gasteiger partial charge in [-0.3, -0.25) is 9.89 Å². The van der Waals surface area contributed by atoms with E-state index in [0.29, 0.717) is 18.4 Å². The van der Waals surface area contributed by atoms with Gasteiger partial charge in [0.2, 0.25) is 0 Å². The maximum absolute atomic E-state index is 11.2. The first-order valence-corrected chi connectivity index (χ1v) is 10.7. The van der Waals surface area contributed by atoms with Crippen molar-refractivity contribution in [2.75, 3.05) is 38.7 Å². The molecule has 144 valence electrons. The van der Waals surface area contributed by atoms with Gasteiger partial charge in [-0.1, -0.05) is 13.8 Å². The average Bonchev–Trinajstić information content (AvgIpc) is 2.97. The molecule has 1 fully saturated rings. The van der Waals surface area contributed by atoms with Crippen LogP contribution in [0.3, 0.4) is 0 Å². The van der Waals surface area contributed by atoms with Gasteiger partial charge in [0.15, 0.2) is 5.96 Å². The topological polar surface area (TPSA) is 73.8 Å². The van der Waals surface area contributed by atoms with Crippen molar-refractivity contribution in [1.82, 2.24) is 15.5 Å². The summed E-state index contributed by atoms with van der Waals surface area (Å²) >= 11 is 0. The molecular formula is C16H35IN4O2S. The van der Waals surface area contributed by atoms with Gasteiger partial charge in [-0.05, 0) is 45.2 Å². The van der Waals surface area contributed by atoms with Crippen molar-refractivity contribution in [2.24, 2.45) is 10.9 Å². The molecule has 24 heavy (non-hydrogen) atoms. The lowest BCUT2D eigenvalue weighted by Gasteiger charge is -2.31. The summed E-state index contributed by atoms with van der Waals surface area (Å²) in [5, 5.41) is 6.68. The molecular weight excluding hydrogens is 439 g/mol. The molecule has 1 aliphatic heterocycles. The number of guanidine groups is 1. The summed E-state index contributed by atoms with van der Waals surface area (Å²) in [7, 11) is -1.17. The summed E-state index contributed by atoms with van der Waals surface area (Å²) in [4.78, 5) is 6.81. The van der Waals surface area contributed by atoms with Crippen LogP contribution in [-0.4, -0.2) is 70.1 Å². The number of hydrogen-bond acceptors (Lipinski definition) is 4. The molecule has 0 aliphatic carbocycles. The molecule has 2 unspecified atom stereocenters. The quantitative estimate of drug-likeness (QED) is 0.319. The van der Waals surface area contributed by atoms with E-state index in [1.165, 1.54) is 32.2 Å². The van der Waals surface area contributed by atoms with Crippen LogP contribution in [0.5, 0.6) is 0 Å². The van der Waals surface area contributed by atoms with Gasteiger partial charge in [-0.25, -0.2) is 8.42 Å². The Morgan fingerprint density at radius 2 is 1.79 bits per heavy atom. The van der Waals surface area contributed by atoms with E-state index in [-0.39, 0.29) is 35.8 Å². The Balaban J connectivity index is 0.00000529. The molecule has 0 saturated carbocycles. The van der Waals surface area contributed by atoms with Crippen molar-refractivity contribution < 1.29 is 8.42 Å². The van der Waals surface area contributed by atoms with E-state index in [1.54, 1.807) is 7.05 Å². The highest BCUT2D eigenvalue weighted by molar-refractivity contribution is 14.0. The maximum Gasteiger partial charge on any atom is 0.191 e. The first-order chi connectivity index (χ1) is 10.7. The highest BCUT2D eigenvalue weighted by Crippen LogP contribution is 2.17. The van der Waals surface area contributed by atoms with Gasteiger partial charge in [0.25, 0.3) is 0 Å². The Kier molecular flexibility index (Phi) is 11.5. The molecule has 0 radical (unpaired) electrons. The van der Waals surface area contributed by atoms with Gasteiger partial charge in [-0.15, -0.1) is 24.0 Å². The third kappa shape index (κ3) is 9.41. The zero-order chi connectivity index (χ0) is 17.5. The maximum atomic E-state index is 11.2. The summed E-state index contributed by atoms with van der Waals surface area (Å²) in [6.07, 6.45) is 4.44. The average molecular weight is 474 g/mol. The van der Waals surface area contributed by atoms with Crippen molar-refractivity contribution in [2.45, 2.75) is 52.1 Å². The summed E-state index contributed by atoms with van der Waals surface area (Å²) in [5.41, 5.74) is 0. The molecule has 0 aromatic carbocycles. The highest BCUT2D eigenvalue weighted by atomic mass is 127. The Morgan fingerprint density at radius 3 is 2.25 bits per heavy atom. The van der Waals surface area contributed by atoms with Crippen molar-refractivity contribution in [3.63, 3.8) is 0 Å². The van der Waals surface area contributed by atoms with Crippen LogP contribution in [-0.2, 0) is 9.84 Å². The molecule has 0 amide bonds. The van der Waals surface area contributed by atoms with E-state index in [1.807, 2.05) is 6.92 Å². The zero-order valence-corrected chi connectivity index (χ0v) is 18.9. The van der Waals surface area contributed by atoms with E-state index in [2.05, 4.69) is 34.4 Å². The molecule has 0 bridgehead atoms. The minimum atomic E-state index is -2.92. The smallest absolute Gasteiger partial charge is 0.191 e. The molecule has 1 saturated heterocycles. The van der Waals surface area contributed by atoms with Crippen molar-refractivity contribution >= 4 is 39.8 Å². The molecule has 1 heterocycles. The zero-order valence-electron chi connectivity index (χ0n) is 15.7. The number of nitrogens with one attached hydrogen (secondary N) is 2. The predicted octanol–water partition coefficient (Wildman–Crippen LogP) is 1.71. The van der Waals surface area contributed by atoms with Gasteiger partial charge < -0.3 is 10.6 Å². The number of hydrogen-bond donors (Lipinski definition) is 2. The highest BCUT2D eigenvalue weighted by Gasteiger charge is 2.24. The largest absolute Gasteiger partial charge is 0.355 e. The van der Waals surface area contributed by atoms with Crippen LogP contribution in [0.15, 0.2) is 4.99 Å². The lowest BCUT2D eigenvalue weighted by atomic mass is 10.0. The number of sulfone groups is 1. The lowest BCUT2D eigenvalue weighted by Crippen LogP contribution is -2.50. The van der Waals surface area contributed by atoms with Gasteiger partial charge in [0, 0.05) is 31.9 Å². The molecule has 0 aromatic rings. The number of aliphatic imine (C=N–C) groups is 1. The van der Waals surface area contributed by atoms with Crippen LogP contribution in [0.25, 0.3) is 0 Å². The van der Waals surface area contributed by atoms with Crippen LogP contribution >= 0.6 is 24.0 Å². The van der Waals surface area contributed by atoms with E-state index < -0.39 is 9.84 Å². The SMILES string of the molecule is CN=C(NCC(C(C)C)N1CCCC1)NC(C)CCS(C)(=O)=O.I. The Labute approximate surface area is 165 Å². The lowest BCUT2D eigenvalue weighted by molar-refractivity contribution is 0.192. The minimum absolute atomic E-state index is 0. The second-order valence-corrected chi connectivity index (χ2v) is 9.23. The summed E-state index contributed by atoms with van der Waals surface area (Å²) in [6, 6.07) is 0.572. The molecule has 2 atom stereocenters. The Bertz CT molecular complexity index is 476. The fraction of sp³-hybridized carbons (Fsp3) is 0.938. The van der Waals surface area contributed by atoms with Gasteiger partial charge in [-0.2, -0.15) is 0 Å². The van der Waals surface area contributed by atoms with Crippen molar-refractivity contribution in [1.29, 1.82) is 0 Å². The molecule has 2 N–H and O–H groups in total. The monoisotopic (exact) mass is 474 g/mol. The van der Waals surface area contributed by atoms with Crippen LogP contribution < -0.4 is 10.6 Å². The van der Waals surface area contributed by atoms with Crippen LogP contribution in [0.2, 0.25) is 0 Å². The van der Waals surface area contributed by atoms with Crippen LogP contribution in [0.1, 0.15) is 40.0 Å². The summed E-state index contributed by atoms with van der Waals surface area (Å²) < 4.78 is 22.5. The molecule has 1 aliphatic rings. The van der Waals surface area contributed by atoms with Crippen molar-refractivity contribution in [3.05, 3.63) is 0 Å². The fourth-order valence-corrected chi connectivity index (χ4v) is 3.73. The predicted molar refractivity (Wildman–Crippen MR) is 113 cm³/mol. The first kappa shape index (κ1) is 23.9. The standard InChI is InChI=1S/C16H34N4O2S.HI/c1-13(2)15(20-9-6-7-10-20)12-18-16(17-4)19-14(3)8-11-23(5,21)22;/h13-15H,6-12H2,1-5H3,(H2,17,18,19);1H. The number of halogens is 1. The number of likely N-dealkylation sites (tertiary alicyclic amines) is 1. The molecule has 0 spiro atoms. The summed E-state index contributed by atoms with van der Waals surface area (Å²) in [5.74, 6) is 1.53.